The maximum absolute atomic E-state index is 11.0. The van der Waals surface area contributed by atoms with Crippen LogP contribution in [0.4, 0.5) is 11.4 Å². The Morgan fingerprint density at radius 3 is 2.45 bits per heavy atom. The molecule has 0 unspecified atom stereocenters. The molecule has 0 amide bonds. The van der Waals surface area contributed by atoms with Crippen LogP contribution in [0.1, 0.15) is 23.5 Å². The van der Waals surface area contributed by atoms with Gasteiger partial charge in [-0.3, -0.25) is 15.1 Å². The second kappa shape index (κ2) is 8.65. The van der Waals surface area contributed by atoms with E-state index >= 15 is 0 Å². The number of nitrogens with zero attached hydrogens (tertiary/aromatic N) is 3. The first-order valence-corrected chi connectivity index (χ1v) is 10.9. The van der Waals surface area contributed by atoms with E-state index in [1.54, 1.807) is 18.3 Å². The Hall–Kier alpha value is -3.75. The van der Waals surface area contributed by atoms with Gasteiger partial charge in [-0.2, -0.15) is 0 Å². The third-order valence-corrected chi connectivity index (χ3v) is 6.05. The maximum Gasteiger partial charge on any atom is 0.269 e. The lowest BCUT2D eigenvalue weighted by Gasteiger charge is -2.26. The highest BCUT2D eigenvalue weighted by atomic mass is 35.5. The number of hydrogen-bond acceptors (Lipinski definition) is 5. The van der Waals surface area contributed by atoms with E-state index in [1.165, 1.54) is 12.1 Å². The van der Waals surface area contributed by atoms with Gasteiger partial charge in [0, 0.05) is 34.6 Å². The first kappa shape index (κ1) is 21.1. The zero-order valence-corrected chi connectivity index (χ0v) is 18.7. The molecule has 2 aromatic heterocycles. The quantitative estimate of drug-likeness (QED) is 0.212. The SMILES string of the molecule is O=[N+]([O-])c1ccc(-c2ccc([C@@H]3[C@@H](c4ccccn4)NC(=S)N3c3ccc(Cl)cc3)o2)cc1. The average molecular weight is 477 g/mol. The molecule has 0 spiro atoms. The summed E-state index contributed by atoms with van der Waals surface area (Å²) in [6, 6.07) is 22.6. The highest BCUT2D eigenvalue weighted by Gasteiger charge is 2.42. The Bertz CT molecular complexity index is 1310. The van der Waals surface area contributed by atoms with Crippen molar-refractivity contribution in [3.8, 4) is 11.3 Å². The third-order valence-electron chi connectivity index (χ3n) is 5.48. The Balaban J connectivity index is 1.56. The van der Waals surface area contributed by atoms with E-state index in [9.17, 15) is 10.1 Å². The predicted molar refractivity (Wildman–Crippen MR) is 130 cm³/mol. The van der Waals surface area contributed by atoms with E-state index in [0.717, 1.165) is 16.9 Å². The number of nitrogens with one attached hydrogen (secondary N) is 1. The Morgan fingerprint density at radius 2 is 1.79 bits per heavy atom. The maximum atomic E-state index is 11.0. The second-order valence-corrected chi connectivity index (χ2v) is 8.30. The summed E-state index contributed by atoms with van der Waals surface area (Å²) in [4.78, 5) is 17.1. The van der Waals surface area contributed by atoms with Crippen molar-refractivity contribution < 1.29 is 9.34 Å². The Morgan fingerprint density at radius 1 is 1.03 bits per heavy atom. The molecule has 164 valence electrons. The van der Waals surface area contributed by atoms with Gasteiger partial charge in [0.2, 0.25) is 0 Å². The van der Waals surface area contributed by atoms with Crippen LogP contribution in [-0.4, -0.2) is 15.0 Å². The predicted octanol–water partition coefficient (Wildman–Crippen LogP) is 6.08. The number of hydrogen-bond donors (Lipinski definition) is 1. The fourth-order valence-corrected chi connectivity index (χ4v) is 4.41. The fraction of sp³-hybridized carbons (Fsp3) is 0.0833. The minimum absolute atomic E-state index is 0.0278. The van der Waals surface area contributed by atoms with Crippen LogP contribution < -0.4 is 10.2 Å². The summed E-state index contributed by atoms with van der Waals surface area (Å²) < 4.78 is 6.26. The van der Waals surface area contributed by atoms with Crippen molar-refractivity contribution in [2.24, 2.45) is 0 Å². The number of anilines is 1. The van der Waals surface area contributed by atoms with Crippen LogP contribution in [0.15, 0.2) is 89.5 Å². The van der Waals surface area contributed by atoms with Gasteiger partial charge in [0.25, 0.3) is 5.69 Å². The van der Waals surface area contributed by atoms with Crippen molar-refractivity contribution in [2.45, 2.75) is 12.1 Å². The second-order valence-electron chi connectivity index (χ2n) is 7.48. The lowest BCUT2D eigenvalue weighted by molar-refractivity contribution is -0.384. The molecule has 9 heteroatoms. The summed E-state index contributed by atoms with van der Waals surface area (Å²) >= 11 is 11.8. The molecular weight excluding hydrogens is 460 g/mol. The molecule has 2 atom stereocenters. The van der Waals surface area contributed by atoms with Crippen molar-refractivity contribution in [3.63, 3.8) is 0 Å². The van der Waals surface area contributed by atoms with Gasteiger partial charge in [0.15, 0.2) is 5.11 Å². The summed E-state index contributed by atoms with van der Waals surface area (Å²) in [6.45, 7) is 0. The number of benzene rings is 2. The number of halogens is 1. The molecule has 1 aliphatic rings. The van der Waals surface area contributed by atoms with Crippen LogP contribution in [0, 0.1) is 10.1 Å². The Kier molecular flexibility index (Phi) is 5.53. The first-order valence-electron chi connectivity index (χ1n) is 10.1. The molecule has 3 heterocycles. The van der Waals surface area contributed by atoms with Crippen LogP contribution in [0.3, 0.4) is 0 Å². The summed E-state index contributed by atoms with van der Waals surface area (Å²) in [5.41, 5.74) is 2.47. The number of rotatable bonds is 5. The molecule has 1 saturated heterocycles. The van der Waals surface area contributed by atoms with Gasteiger partial charge >= 0.3 is 0 Å². The van der Waals surface area contributed by atoms with Gasteiger partial charge in [0.1, 0.15) is 17.6 Å². The number of thiocarbonyl (C=S) groups is 1. The van der Waals surface area contributed by atoms with Gasteiger partial charge in [-0.1, -0.05) is 17.7 Å². The molecule has 7 nitrogen and oxygen atoms in total. The first-order chi connectivity index (χ1) is 16.0. The van der Waals surface area contributed by atoms with Crippen molar-refractivity contribution in [1.29, 1.82) is 0 Å². The van der Waals surface area contributed by atoms with E-state index in [4.69, 9.17) is 28.2 Å². The molecule has 0 radical (unpaired) electrons. The van der Waals surface area contributed by atoms with E-state index in [-0.39, 0.29) is 17.8 Å². The van der Waals surface area contributed by atoms with Crippen LogP contribution >= 0.6 is 23.8 Å². The number of nitro groups is 1. The molecule has 0 bridgehead atoms. The molecule has 1 N–H and O–H groups in total. The minimum atomic E-state index is -0.427. The summed E-state index contributed by atoms with van der Waals surface area (Å²) in [6.07, 6.45) is 1.74. The molecule has 1 fully saturated rings. The largest absolute Gasteiger partial charge is 0.459 e. The van der Waals surface area contributed by atoms with Gasteiger partial charge in [0.05, 0.1) is 16.7 Å². The molecule has 0 aliphatic carbocycles. The molecule has 5 rings (SSSR count). The fourth-order valence-electron chi connectivity index (χ4n) is 3.94. The zero-order valence-electron chi connectivity index (χ0n) is 17.1. The number of furan rings is 1. The van der Waals surface area contributed by atoms with E-state index in [1.807, 2.05) is 59.5 Å². The highest BCUT2D eigenvalue weighted by Crippen LogP contribution is 2.43. The molecule has 1 aliphatic heterocycles. The van der Waals surface area contributed by atoms with Crippen molar-refractivity contribution in [1.82, 2.24) is 10.3 Å². The summed E-state index contributed by atoms with van der Waals surface area (Å²) in [5.74, 6) is 1.29. The Labute approximate surface area is 199 Å². The topological polar surface area (TPSA) is 84.4 Å². The highest BCUT2D eigenvalue weighted by molar-refractivity contribution is 7.80. The standard InChI is InChI=1S/C24H17ClN4O3S/c25-16-6-10-17(11-7-16)28-23(22(27-24(28)33)19-3-1-2-14-26-19)21-13-12-20(32-21)15-4-8-18(9-5-15)29(30)31/h1-14,22-23H,(H,27,33)/t22-,23-/m1/s1. The number of aromatic nitrogens is 1. The molecule has 33 heavy (non-hydrogen) atoms. The van der Waals surface area contributed by atoms with E-state index < -0.39 is 4.92 Å². The molecular formula is C24H17ClN4O3S. The summed E-state index contributed by atoms with van der Waals surface area (Å²) in [5, 5.41) is 15.5. The number of non-ortho nitro benzene ring substituents is 1. The van der Waals surface area contributed by atoms with Crippen LogP contribution in [0.5, 0.6) is 0 Å². The van der Waals surface area contributed by atoms with Gasteiger partial charge in [-0.05, 0) is 72.9 Å². The van der Waals surface area contributed by atoms with Gasteiger partial charge < -0.3 is 14.6 Å². The smallest absolute Gasteiger partial charge is 0.269 e. The van der Waals surface area contributed by atoms with E-state index in [2.05, 4.69) is 10.3 Å². The summed E-state index contributed by atoms with van der Waals surface area (Å²) in [7, 11) is 0. The van der Waals surface area contributed by atoms with Crippen molar-refractivity contribution >= 4 is 40.3 Å². The minimum Gasteiger partial charge on any atom is -0.459 e. The van der Waals surface area contributed by atoms with Gasteiger partial charge in [-0.15, -0.1) is 0 Å². The van der Waals surface area contributed by atoms with Crippen molar-refractivity contribution in [3.05, 3.63) is 112 Å². The zero-order chi connectivity index (χ0) is 22.9. The van der Waals surface area contributed by atoms with Crippen molar-refractivity contribution in [2.75, 3.05) is 4.90 Å². The normalized spacial score (nSPS) is 17.7. The van der Waals surface area contributed by atoms with Crippen LogP contribution in [0.25, 0.3) is 11.3 Å². The van der Waals surface area contributed by atoms with Gasteiger partial charge in [-0.25, -0.2) is 0 Å². The molecule has 0 saturated carbocycles. The molecule has 2 aromatic carbocycles. The number of nitro benzene ring substituents is 1. The van der Waals surface area contributed by atoms with Crippen LogP contribution in [-0.2, 0) is 0 Å². The number of pyridine rings is 1. The lowest BCUT2D eigenvalue weighted by atomic mass is 10.0. The van der Waals surface area contributed by atoms with Crippen LogP contribution in [0.2, 0.25) is 5.02 Å². The van der Waals surface area contributed by atoms with E-state index in [0.29, 0.717) is 21.7 Å². The third kappa shape index (κ3) is 4.06. The monoisotopic (exact) mass is 476 g/mol. The molecule has 4 aromatic rings. The average Bonchev–Trinajstić information content (AvgIpc) is 3.45. The lowest BCUT2D eigenvalue weighted by Crippen LogP contribution is -2.29.